The molecule has 2 aliphatic rings. The number of hydrogen-bond donors (Lipinski definition) is 1. The van der Waals surface area contributed by atoms with E-state index >= 15 is 0 Å². The Bertz CT molecular complexity index is 1130. The SMILES string of the molecule is N#CCc1cn(-c2ccc(-c3ccc4c(c3)CC3C(CO)OC(=O)N43)cn2)nn1. The van der Waals surface area contributed by atoms with Gasteiger partial charge in [-0.25, -0.2) is 14.5 Å². The van der Waals surface area contributed by atoms with Crippen LogP contribution < -0.4 is 4.90 Å². The van der Waals surface area contributed by atoms with E-state index in [4.69, 9.17) is 10.00 Å². The lowest BCUT2D eigenvalue weighted by atomic mass is 10.0. The molecule has 0 aliphatic carbocycles. The Balaban J connectivity index is 1.41. The van der Waals surface area contributed by atoms with Crippen molar-refractivity contribution in [1.29, 1.82) is 5.26 Å². The zero-order chi connectivity index (χ0) is 20.0. The lowest BCUT2D eigenvalue weighted by Crippen LogP contribution is -2.34. The van der Waals surface area contributed by atoms with E-state index in [0.717, 1.165) is 22.4 Å². The van der Waals surface area contributed by atoms with Crippen molar-refractivity contribution < 1.29 is 14.6 Å². The van der Waals surface area contributed by atoms with Gasteiger partial charge in [0.15, 0.2) is 5.82 Å². The number of anilines is 1. The van der Waals surface area contributed by atoms with Crippen LogP contribution in [0.1, 0.15) is 11.3 Å². The molecular weight excluding hydrogens is 372 g/mol. The number of aliphatic hydroxyl groups is 1. The molecule has 2 aliphatic heterocycles. The van der Waals surface area contributed by atoms with Crippen LogP contribution in [0.15, 0.2) is 42.7 Å². The Morgan fingerprint density at radius 2 is 2.14 bits per heavy atom. The fourth-order valence-electron chi connectivity index (χ4n) is 3.88. The van der Waals surface area contributed by atoms with Crippen molar-refractivity contribution in [1.82, 2.24) is 20.0 Å². The van der Waals surface area contributed by atoms with Crippen LogP contribution in [0.25, 0.3) is 16.9 Å². The van der Waals surface area contributed by atoms with Crippen molar-refractivity contribution in [3.8, 4) is 23.0 Å². The Labute approximate surface area is 165 Å². The van der Waals surface area contributed by atoms with Gasteiger partial charge in [0.1, 0.15) is 6.10 Å². The zero-order valence-corrected chi connectivity index (χ0v) is 15.3. The molecule has 5 rings (SSSR count). The van der Waals surface area contributed by atoms with Gasteiger partial charge in [-0.05, 0) is 41.8 Å². The van der Waals surface area contributed by atoms with Gasteiger partial charge in [-0.1, -0.05) is 11.3 Å². The van der Waals surface area contributed by atoms with E-state index in [-0.39, 0.29) is 19.1 Å². The third kappa shape index (κ3) is 2.81. The van der Waals surface area contributed by atoms with Gasteiger partial charge in [-0.15, -0.1) is 5.10 Å². The smallest absolute Gasteiger partial charge is 0.415 e. The minimum atomic E-state index is -0.493. The van der Waals surface area contributed by atoms with E-state index < -0.39 is 12.2 Å². The second-order valence-corrected chi connectivity index (χ2v) is 6.98. The average Bonchev–Trinajstić information content (AvgIpc) is 3.43. The fraction of sp³-hybridized carbons (Fsp3) is 0.250. The lowest BCUT2D eigenvalue weighted by Gasteiger charge is -2.14. The largest absolute Gasteiger partial charge is 0.441 e. The number of fused-ring (bicyclic) bond motifs is 3. The number of amides is 1. The Kier molecular flexibility index (Phi) is 4.00. The third-order valence-electron chi connectivity index (χ3n) is 5.27. The van der Waals surface area contributed by atoms with Crippen molar-refractivity contribution in [3.05, 3.63) is 54.0 Å². The molecule has 29 heavy (non-hydrogen) atoms. The molecule has 1 saturated heterocycles. The van der Waals surface area contributed by atoms with E-state index in [1.54, 1.807) is 17.3 Å². The summed E-state index contributed by atoms with van der Waals surface area (Å²) in [7, 11) is 0. The van der Waals surface area contributed by atoms with E-state index in [9.17, 15) is 9.90 Å². The van der Waals surface area contributed by atoms with Gasteiger partial charge in [0.05, 0.1) is 42.7 Å². The molecule has 9 heteroatoms. The van der Waals surface area contributed by atoms with Crippen molar-refractivity contribution in [2.24, 2.45) is 0 Å². The normalized spacial score (nSPS) is 19.6. The molecule has 1 N–H and O–H groups in total. The van der Waals surface area contributed by atoms with E-state index in [1.807, 2.05) is 36.4 Å². The van der Waals surface area contributed by atoms with Crippen molar-refractivity contribution in [3.63, 3.8) is 0 Å². The molecule has 0 saturated carbocycles. The Morgan fingerprint density at radius 3 is 2.90 bits per heavy atom. The summed E-state index contributed by atoms with van der Waals surface area (Å²) in [6, 6.07) is 11.6. The quantitative estimate of drug-likeness (QED) is 0.722. The van der Waals surface area contributed by atoms with Crippen LogP contribution >= 0.6 is 0 Å². The first-order chi connectivity index (χ1) is 14.2. The van der Waals surface area contributed by atoms with Crippen LogP contribution in [0, 0.1) is 11.3 Å². The highest BCUT2D eigenvalue weighted by atomic mass is 16.6. The molecule has 0 bridgehead atoms. The summed E-state index contributed by atoms with van der Waals surface area (Å²) in [5, 5.41) is 26.1. The number of ether oxygens (including phenoxy) is 1. The third-order valence-corrected chi connectivity index (χ3v) is 5.27. The van der Waals surface area contributed by atoms with E-state index in [0.29, 0.717) is 17.9 Å². The Hall–Kier alpha value is -3.77. The summed E-state index contributed by atoms with van der Waals surface area (Å²) >= 11 is 0. The molecule has 144 valence electrons. The molecule has 3 aromatic rings. The molecule has 2 atom stereocenters. The molecule has 2 aromatic heterocycles. The van der Waals surface area contributed by atoms with Gasteiger partial charge in [0.25, 0.3) is 0 Å². The monoisotopic (exact) mass is 388 g/mol. The number of carbonyl (C=O) groups excluding carboxylic acids is 1. The van der Waals surface area contributed by atoms with Crippen LogP contribution in [0.4, 0.5) is 10.5 Å². The van der Waals surface area contributed by atoms with Gasteiger partial charge in [0.2, 0.25) is 0 Å². The maximum absolute atomic E-state index is 12.1. The molecule has 1 fully saturated rings. The number of hydrogen-bond acceptors (Lipinski definition) is 7. The maximum Gasteiger partial charge on any atom is 0.415 e. The molecule has 1 aromatic carbocycles. The highest BCUT2D eigenvalue weighted by molar-refractivity contribution is 5.94. The molecule has 4 heterocycles. The average molecular weight is 388 g/mol. The lowest BCUT2D eigenvalue weighted by molar-refractivity contribution is 0.0830. The second kappa shape index (κ2) is 6.68. The van der Waals surface area contributed by atoms with Crippen LogP contribution in [0.3, 0.4) is 0 Å². The predicted molar refractivity (Wildman–Crippen MR) is 101 cm³/mol. The van der Waals surface area contributed by atoms with E-state index in [2.05, 4.69) is 15.3 Å². The summed E-state index contributed by atoms with van der Waals surface area (Å²) in [6.07, 6.45) is 3.39. The van der Waals surface area contributed by atoms with Gasteiger partial charge in [-0.2, -0.15) is 5.26 Å². The highest BCUT2D eigenvalue weighted by Gasteiger charge is 2.47. The van der Waals surface area contributed by atoms with Gasteiger partial charge >= 0.3 is 6.09 Å². The van der Waals surface area contributed by atoms with Gasteiger partial charge in [-0.3, -0.25) is 4.90 Å². The van der Waals surface area contributed by atoms with E-state index in [1.165, 1.54) is 4.68 Å². The molecule has 1 amide bonds. The topological polar surface area (TPSA) is 117 Å². The standard InChI is InChI=1S/C20H16N6O3/c21-6-5-15-10-25(24-23-15)19-4-2-13(9-22-19)12-1-3-16-14(7-12)8-17-18(11-27)29-20(28)26(16)17/h1-4,7,9-10,17-18,27H,5,8,11H2. The maximum atomic E-state index is 12.1. The minimum Gasteiger partial charge on any atom is -0.441 e. The number of cyclic esters (lactones) is 1. The number of carbonyl (C=O) groups is 1. The first kappa shape index (κ1) is 17.3. The first-order valence-electron chi connectivity index (χ1n) is 9.16. The van der Waals surface area contributed by atoms with Crippen LogP contribution in [0.5, 0.6) is 0 Å². The number of benzene rings is 1. The second-order valence-electron chi connectivity index (χ2n) is 6.98. The summed E-state index contributed by atoms with van der Waals surface area (Å²) in [5.41, 5.74) is 4.39. The number of aromatic nitrogens is 4. The number of rotatable bonds is 4. The zero-order valence-electron chi connectivity index (χ0n) is 15.3. The van der Waals surface area contributed by atoms with Crippen molar-refractivity contribution in [2.45, 2.75) is 25.0 Å². The Morgan fingerprint density at radius 1 is 1.28 bits per heavy atom. The molecule has 9 nitrogen and oxygen atoms in total. The highest BCUT2D eigenvalue weighted by Crippen LogP contribution is 2.40. The molecule has 0 spiro atoms. The molecular formula is C20H16N6O3. The van der Waals surface area contributed by atoms with Crippen LogP contribution in [0.2, 0.25) is 0 Å². The number of pyridine rings is 1. The summed E-state index contributed by atoms with van der Waals surface area (Å²) in [4.78, 5) is 18.2. The number of nitrogens with zero attached hydrogens (tertiary/aromatic N) is 6. The minimum absolute atomic E-state index is 0.159. The summed E-state index contributed by atoms with van der Waals surface area (Å²) in [5.74, 6) is 0.612. The van der Waals surface area contributed by atoms with Crippen molar-refractivity contribution >= 4 is 11.8 Å². The predicted octanol–water partition coefficient (Wildman–Crippen LogP) is 1.64. The van der Waals surface area contributed by atoms with Gasteiger partial charge < -0.3 is 9.84 Å². The van der Waals surface area contributed by atoms with Crippen LogP contribution in [-0.2, 0) is 17.6 Å². The number of nitriles is 1. The van der Waals surface area contributed by atoms with Crippen molar-refractivity contribution in [2.75, 3.05) is 11.5 Å². The number of aliphatic hydroxyl groups excluding tert-OH is 1. The molecule has 2 unspecified atom stereocenters. The summed E-state index contributed by atoms with van der Waals surface area (Å²) in [6.45, 7) is -0.183. The van der Waals surface area contributed by atoms with Gasteiger partial charge in [0, 0.05) is 11.8 Å². The molecule has 0 radical (unpaired) electrons. The fourth-order valence-corrected chi connectivity index (χ4v) is 3.88. The first-order valence-corrected chi connectivity index (χ1v) is 9.16. The summed E-state index contributed by atoms with van der Waals surface area (Å²) < 4.78 is 6.75. The van der Waals surface area contributed by atoms with Crippen LogP contribution in [-0.4, -0.2) is 49.9 Å².